The molecule has 0 bridgehead atoms. The van der Waals surface area contributed by atoms with Gasteiger partial charge in [-0.15, -0.1) is 0 Å². The number of hydrogen-bond donors (Lipinski definition) is 1. The number of carbonyl (C=O) groups excluding carboxylic acids is 2. The number of cyclic esters (lactones) is 1. The summed E-state index contributed by atoms with van der Waals surface area (Å²) in [6.07, 6.45) is 0.417. The molecule has 0 saturated carbocycles. The predicted octanol–water partition coefficient (Wildman–Crippen LogP) is -0.529. The third-order valence-corrected chi connectivity index (χ3v) is 1.05. The van der Waals surface area contributed by atoms with Crippen LogP contribution in [0.25, 0.3) is 0 Å². The first-order chi connectivity index (χ1) is 5.09. The molecule has 5 nitrogen and oxygen atoms in total. The molecule has 0 atom stereocenters. The molecule has 5 heteroatoms. The van der Waals surface area contributed by atoms with Crippen LogP contribution in [-0.4, -0.2) is 22.8 Å². The zero-order chi connectivity index (χ0) is 8.43. The average Bonchev–Trinajstić information content (AvgIpc) is 1.85. The Balaban J connectivity index is 2.89. The number of ketones is 1. The summed E-state index contributed by atoms with van der Waals surface area (Å²) in [4.78, 5) is 31.1. The highest BCUT2D eigenvalue weighted by atomic mass is 16.6. The number of esters is 1. The molecule has 0 saturated heterocycles. The quantitative estimate of drug-likeness (QED) is 0.407. The van der Waals surface area contributed by atoms with E-state index in [4.69, 9.17) is 5.11 Å². The minimum absolute atomic E-state index is 0.378. The van der Waals surface area contributed by atoms with Crippen LogP contribution in [0, 0.1) is 0 Å². The maximum atomic E-state index is 10.5. The van der Waals surface area contributed by atoms with Gasteiger partial charge in [0.05, 0.1) is 0 Å². The number of carbonyl (C=O) groups is 3. The zero-order valence-electron chi connectivity index (χ0n) is 5.36. The van der Waals surface area contributed by atoms with Crippen LogP contribution >= 0.6 is 0 Å². The highest BCUT2D eigenvalue weighted by molar-refractivity contribution is 6.09. The van der Waals surface area contributed by atoms with E-state index in [9.17, 15) is 14.4 Å². The number of carboxylic acids is 1. The monoisotopic (exact) mass is 156 g/mol. The van der Waals surface area contributed by atoms with Crippen molar-refractivity contribution in [1.29, 1.82) is 0 Å². The van der Waals surface area contributed by atoms with E-state index in [1.54, 1.807) is 0 Å². The van der Waals surface area contributed by atoms with Crippen LogP contribution < -0.4 is 0 Å². The molecule has 0 amide bonds. The van der Waals surface area contributed by atoms with Crippen molar-refractivity contribution in [2.45, 2.75) is 6.42 Å². The Morgan fingerprint density at radius 2 is 2.18 bits per heavy atom. The van der Waals surface area contributed by atoms with Crippen LogP contribution in [0.5, 0.6) is 0 Å². The molecule has 1 heterocycles. The van der Waals surface area contributed by atoms with Gasteiger partial charge in [0.1, 0.15) is 6.42 Å². The van der Waals surface area contributed by atoms with Crippen molar-refractivity contribution in [1.82, 2.24) is 0 Å². The fourth-order valence-corrected chi connectivity index (χ4v) is 0.633. The SMILES string of the molecule is O=C1C=C(C(=O)O)OC(=O)C1. The maximum Gasteiger partial charge on any atom is 0.372 e. The van der Waals surface area contributed by atoms with E-state index >= 15 is 0 Å². The average molecular weight is 156 g/mol. The summed E-state index contributed by atoms with van der Waals surface area (Å²) in [6, 6.07) is 0. The van der Waals surface area contributed by atoms with E-state index in [0.717, 1.165) is 6.08 Å². The van der Waals surface area contributed by atoms with Gasteiger partial charge in [-0.25, -0.2) is 4.79 Å². The van der Waals surface area contributed by atoms with Crippen molar-refractivity contribution in [3.05, 3.63) is 11.8 Å². The lowest BCUT2D eigenvalue weighted by molar-refractivity contribution is -0.151. The number of allylic oxidation sites excluding steroid dienone is 1. The lowest BCUT2D eigenvalue weighted by Crippen LogP contribution is -2.20. The number of ether oxygens (including phenoxy) is 1. The molecule has 0 spiro atoms. The molecule has 0 fully saturated rings. The fourth-order valence-electron chi connectivity index (χ4n) is 0.633. The first-order valence-corrected chi connectivity index (χ1v) is 2.78. The molecule has 11 heavy (non-hydrogen) atoms. The molecule has 0 unspecified atom stereocenters. The highest BCUT2D eigenvalue weighted by Crippen LogP contribution is 2.07. The Labute approximate surface area is 61.3 Å². The summed E-state index contributed by atoms with van der Waals surface area (Å²) in [5.41, 5.74) is 0. The molecular formula is C6H4O5. The van der Waals surface area contributed by atoms with Gasteiger partial charge in [0, 0.05) is 6.08 Å². The number of carboxylic acid groups (broad SMARTS) is 1. The Hall–Kier alpha value is -1.65. The van der Waals surface area contributed by atoms with Crippen molar-refractivity contribution < 1.29 is 24.2 Å². The fraction of sp³-hybridized carbons (Fsp3) is 0.167. The van der Waals surface area contributed by atoms with Crippen LogP contribution in [0.15, 0.2) is 11.8 Å². The molecular weight excluding hydrogens is 152 g/mol. The zero-order valence-corrected chi connectivity index (χ0v) is 5.36. The van der Waals surface area contributed by atoms with Gasteiger partial charge in [-0.1, -0.05) is 0 Å². The molecule has 58 valence electrons. The third kappa shape index (κ3) is 1.64. The minimum Gasteiger partial charge on any atom is -0.475 e. The molecule has 0 aromatic heterocycles. The van der Waals surface area contributed by atoms with Gasteiger partial charge in [-0.2, -0.15) is 0 Å². The molecule has 0 aromatic rings. The van der Waals surface area contributed by atoms with Crippen molar-refractivity contribution in [2.24, 2.45) is 0 Å². The summed E-state index contributed by atoms with van der Waals surface area (Å²) < 4.78 is 4.22. The van der Waals surface area contributed by atoms with Gasteiger partial charge in [0.15, 0.2) is 5.78 Å². The standard InChI is InChI=1S/C6H4O5/c7-3-1-4(6(9)10)11-5(8)2-3/h1H,2H2,(H,9,10). The van der Waals surface area contributed by atoms with E-state index in [0.29, 0.717) is 0 Å². The van der Waals surface area contributed by atoms with Crippen LogP contribution in [0.2, 0.25) is 0 Å². The first kappa shape index (κ1) is 7.46. The lowest BCUT2D eigenvalue weighted by Gasteiger charge is -2.07. The van der Waals surface area contributed by atoms with Gasteiger partial charge in [0.25, 0.3) is 0 Å². The Morgan fingerprint density at radius 3 is 2.64 bits per heavy atom. The molecule has 1 rings (SSSR count). The second-order valence-corrected chi connectivity index (χ2v) is 1.93. The summed E-state index contributed by atoms with van der Waals surface area (Å²) in [6.45, 7) is 0. The van der Waals surface area contributed by atoms with Crippen LogP contribution in [0.4, 0.5) is 0 Å². The van der Waals surface area contributed by atoms with Gasteiger partial charge in [-0.3, -0.25) is 9.59 Å². The second kappa shape index (κ2) is 2.53. The molecule has 1 N–H and O–H groups in total. The van der Waals surface area contributed by atoms with E-state index in [1.807, 2.05) is 0 Å². The normalized spacial score (nSPS) is 17.3. The van der Waals surface area contributed by atoms with Gasteiger partial charge in [0.2, 0.25) is 5.76 Å². The molecule has 0 aromatic carbocycles. The second-order valence-electron chi connectivity index (χ2n) is 1.93. The Bertz CT molecular complexity index is 262. The van der Waals surface area contributed by atoms with Crippen LogP contribution in [-0.2, 0) is 19.1 Å². The summed E-state index contributed by atoms with van der Waals surface area (Å²) in [7, 11) is 0. The van der Waals surface area contributed by atoms with Crippen LogP contribution in [0.1, 0.15) is 6.42 Å². The maximum absolute atomic E-state index is 10.5. The Kier molecular flexibility index (Phi) is 1.72. The topological polar surface area (TPSA) is 80.7 Å². The highest BCUT2D eigenvalue weighted by Gasteiger charge is 2.23. The van der Waals surface area contributed by atoms with E-state index < -0.39 is 23.5 Å². The number of aliphatic carboxylic acids is 1. The predicted molar refractivity (Wildman–Crippen MR) is 31.4 cm³/mol. The summed E-state index contributed by atoms with van der Waals surface area (Å²) in [5, 5.41) is 8.28. The first-order valence-electron chi connectivity index (χ1n) is 2.78. The summed E-state index contributed by atoms with van der Waals surface area (Å²) in [5.74, 6) is -3.38. The largest absolute Gasteiger partial charge is 0.475 e. The van der Waals surface area contributed by atoms with E-state index in [1.165, 1.54) is 0 Å². The molecule has 0 aliphatic carbocycles. The van der Waals surface area contributed by atoms with Crippen molar-refractivity contribution in [3.8, 4) is 0 Å². The van der Waals surface area contributed by atoms with Crippen molar-refractivity contribution in [3.63, 3.8) is 0 Å². The van der Waals surface area contributed by atoms with Crippen molar-refractivity contribution >= 4 is 17.7 Å². The van der Waals surface area contributed by atoms with E-state index in [2.05, 4.69) is 4.74 Å². The summed E-state index contributed by atoms with van der Waals surface area (Å²) >= 11 is 0. The lowest BCUT2D eigenvalue weighted by atomic mass is 10.2. The number of hydrogen-bond acceptors (Lipinski definition) is 4. The smallest absolute Gasteiger partial charge is 0.372 e. The molecule has 0 radical (unpaired) electrons. The minimum atomic E-state index is -1.41. The third-order valence-electron chi connectivity index (χ3n) is 1.05. The van der Waals surface area contributed by atoms with Gasteiger partial charge in [-0.05, 0) is 0 Å². The Morgan fingerprint density at radius 1 is 1.55 bits per heavy atom. The molecule has 1 aliphatic rings. The van der Waals surface area contributed by atoms with Crippen LogP contribution in [0.3, 0.4) is 0 Å². The molecule has 1 aliphatic heterocycles. The van der Waals surface area contributed by atoms with Gasteiger partial charge < -0.3 is 9.84 Å². The van der Waals surface area contributed by atoms with E-state index in [-0.39, 0.29) is 6.42 Å². The van der Waals surface area contributed by atoms with Crippen molar-refractivity contribution in [2.75, 3.05) is 0 Å². The van der Waals surface area contributed by atoms with Gasteiger partial charge >= 0.3 is 11.9 Å². The number of rotatable bonds is 1.